The molecule has 2 aromatic rings. The highest BCUT2D eigenvalue weighted by atomic mass is 79.9. The summed E-state index contributed by atoms with van der Waals surface area (Å²) < 4.78 is 9.99. The summed E-state index contributed by atoms with van der Waals surface area (Å²) in [5.74, 6) is 0. The predicted molar refractivity (Wildman–Crippen MR) is 78.7 cm³/mol. The average molecular weight is 374 g/mol. The lowest BCUT2D eigenvalue weighted by Crippen LogP contribution is -2.18. The maximum Gasteiger partial charge on any atom is 0.150 e. The van der Waals surface area contributed by atoms with Crippen LogP contribution in [0.2, 0.25) is 0 Å². The Kier molecular flexibility index (Phi) is 3.47. The molecule has 1 aliphatic rings. The number of rotatable bonds is 1. The largest absolute Gasteiger partial charge is 0.356 e. The van der Waals surface area contributed by atoms with Gasteiger partial charge in [-0.15, -0.1) is 0 Å². The van der Waals surface area contributed by atoms with E-state index in [0.717, 1.165) is 39.3 Å². The normalized spacial score (nSPS) is 20.5. The van der Waals surface area contributed by atoms with Crippen molar-refractivity contribution in [2.24, 2.45) is 0 Å². The van der Waals surface area contributed by atoms with Crippen LogP contribution in [0.5, 0.6) is 0 Å². The number of fused-ring (bicyclic) bond motifs is 1. The molecule has 1 saturated heterocycles. The van der Waals surface area contributed by atoms with E-state index in [4.69, 9.17) is 4.74 Å². The van der Waals surface area contributed by atoms with E-state index in [0.29, 0.717) is 0 Å². The monoisotopic (exact) mass is 372 g/mol. The molecule has 1 aromatic carbocycles. The zero-order valence-electron chi connectivity index (χ0n) is 10.1. The van der Waals surface area contributed by atoms with Gasteiger partial charge in [-0.2, -0.15) is 5.10 Å². The lowest BCUT2D eigenvalue weighted by molar-refractivity contribution is -0.0366. The van der Waals surface area contributed by atoms with Crippen LogP contribution in [0.3, 0.4) is 0 Å². The second-order valence-corrected chi connectivity index (χ2v) is 6.25. The summed E-state index contributed by atoms with van der Waals surface area (Å²) in [6.07, 6.45) is 5.40. The molecule has 0 radical (unpaired) electrons. The lowest BCUT2D eigenvalue weighted by atomic mass is 10.1. The van der Waals surface area contributed by atoms with E-state index in [-0.39, 0.29) is 6.23 Å². The highest BCUT2D eigenvalue weighted by Gasteiger charge is 2.20. The van der Waals surface area contributed by atoms with Gasteiger partial charge < -0.3 is 4.74 Å². The van der Waals surface area contributed by atoms with E-state index < -0.39 is 0 Å². The van der Waals surface area contributed by atoms with Crippen LogP contribution in [0.15, 0.2) is 21.2 Å². The summed E-state index contributed by atoms with van der Waals surface area (Å²) in [7, 11) is 0. The molecule has 1 fully saturated rings. The van der Waals surface area contributed by atoms with Gasteiger partial charge in [0.15, 0.2) is 6.23 Å². The van der Waals surface area contributed by atoms with Gasteiger partial charge in [-0.05, 0) is 69.7 Å². The third-order valence-electron chi connectivity index (χ3n) is 3.39. The Bertz CT molecular complexity index is 588. The van der Waals surface area contributed by atoms with E-state index in [1.165, 1.54) is 12.0 Å². The Morgan fingerprint density at radius 2 is 2.17 bits per heavy atom. The van der Waals surface area contributed by atoms with Crippen LogP contribution in [0, 0.1) is 6.92 Å². The topological polar surface area (TPSA) is 27.1 Å². The van der Waals surface area contributed by atoms with Crippen LogP contribution in [0.1, 0.15) is 31.1 Å². The summed E-state index contributed by atoms with van der Waals surface area (Å²) in [6, 6.07) is 2.16. The maximum absolute atomic E-state index is 5.81. The fourth-order valence-corrected chi connectivity index (χ4v) is 3.34. The first-order valence-electron chi connectivity index (χ1n) is 6.12. The van der Waals surface area contributed by atoms with Gasteiger partial charge in [-0.25, -0.2) is 4.68 Å². The smallest absolute Gasteiger partial charge is 0.150 e. The molecule has 0 spiro atoms. The summed E-state index contributed by atoms with van der Waals surface area (Å²) >= 11 is 7.22. The van der Waals surface area contributed by atoms with Crippen molar-refractivity contribution in [3.05, 3.63) is 26.8 Å². The van der Waals surface area contributed by atoms with Crippen LogP contribution >= 0.6 is 31.9 Å². The Morgan fingerprint density at radius 1 is 1.33 bits per heavy atom. The SMILES string of the molecule is Cc1cc2c(cnn2C2CCCCO2)c(Br)c1Br. The minimum absolute atomic E-state index is 0.0868. The minimum atomic E-state index is 0.0868. The van der Waals surface area contributed by atoms with Crippen LogP contribution in [-0.2, 0) is 4.74 Å². The molecule has 3 nitrogen and oxygen atoms in total. The van der Waals surface area contributed by atoms with Gasteiger partial charge >= 0.3 is 0 Å². The molecule has 1 aliphatic heterocycles. The first kappa shape index (κ1) is 12.6. The van der Waals surface area contributed by atoms with Crippen molar-refractivity contribution in [3.8, 4) is 0 Å². The second-order valence-electron chi connectivity index (χ2n) is 4.66. The summed E-state index contributed by atoms with van der Waals surface area (Å²) in [6.45, 7) is 2.93. The minimum Gasteiger partial charge on any atom is -0.356 e. The molecule has 0 aliphatic carbocycles. The summed E-state index contributed by atoms with van der Waals surface area (Å²) in [5.41, 5.74) is 2.33. The Morgan fingerprint density at radius 3 is 2.89 bits per heavy atom. The van der Waals surface area contributed by atoms with Gasteiger partial charge in [0.25, 0.3) is 0 Å². The summed E-state index contributed by atoms with van der Waals surface area (Å²) in [4.78, 5) is 0. The standard InChI is InChI=1S/C13H14Br2N2O/c1-8-6-10-9(13(15)12(8)14)7-16-17(10)11-4-2-3-5-18-11/h6-7,11H,2-5H2,1H3. The molecule has 1 atom stereocenters. The Hall–Kier alpha value is -0.390. The van der Waals surface area contributed by atoms with E-state index in [9.17, 15) is 0 Å². The lowest BCUT2D eigenvalue weighted by Gasteiger charge is -2.23. The van der Waals surface area contributed by atoms with Crippen molar-refractivity contribution in [3.63, 3.8) is 0 Å². The van der Waals surface area contributed by atoms with E-state index in [1.54, 1.807) is 0 Å². The quantitative estimate of drug-likeness (QED) is 0.732. The van der Waals surface area contributed by atoms with Crippen LogP contribution in [0.25, 0.3) is 10.9 Å². The van der Waals surface area contributed by atoms with Crippen LogP contribution in [0.4, 0.5) is 0 Å². The molecule has 3 rings (SSSR count). The number of halogens is 2. The van der Waals surface area contributed by atoms with Gasteiger partial charge in [-0.1, -0.05) is 0 Å². The van der Waals surface area contributed by atoms with Crippen molar-refractivity contribution in [2.45, 2.75) is 32.4 Å². The molecular formula is C13H14Br2N2O. The zero-order chi connectivity index (χ0) is 12.7. The number of aryl methyl sites for hydroxylation is 1. The molecule has 0 N–H and O–H groups in total. The van der Waals surface area contributed by atoms with Crippen molar-refractivity contribution < 1.29 is 4.74 Å². The molecule has 1 unspecified atom stereocenters. The van der Waals surface area contributed by atoms with Crippen molar-refractivity contribution in [2.75, 3.05) is 6.61 Å². The number of hydrogen-bond donors (Lipinski definition) is 0. The summed E-state index contributed by atoms with van der Waals surface area (Å²) in [5, 5.41) is 5.63. The van der Waals surface area contributed by atoms with E-state index >= 15 is 0 Å². The molecule has 0 amide bonds. The number of benzene rings is 1. The third-order valence-corrected chi connectivity index (χ3v) is 5.77. The fourth-order valence-electron chi connectivity index (χ4n) is 2.39. The van der Waals surface area contributed by atoms with Gasteiger partial charge in [0.2, 0.25) is 0 Å². The first-order valence-corrected chi connectivity index (χ1v) is 7.70. The Balaban J connectivity index is 2.13. The predicted octanol–water partition coefficient (Wildman–Crippen LogP) is 4.57. The second kappa shape index (κ2) is 4.94. The molecule has 1 aromatic heterocycles. The number of aromatic nitrogens is 2. The van der Waals surface area contributed by atoms with E-state index in [2.05, 4.69) is 49.9 Å². The van der Waals surface area contributed by atoms with Gasteiger partial charge in [-0.3, -0.25) is 0 Å². The number of nitrogens with zero attached hydrogens (tertiary/aromatic N) is 2. The number of ether oxygens (including phenoxy) is 1. The van der Waals surface area contributed by atoms with Crippen molar-refractivity contribution >= 4 is 42.8 Å². The van der Waals surface area contributed by atoms with Crippen LogP contribution in [-0.4, -0.2) is 16.4 Å². The fraction of sp³-hybridized carbons (Fsp3) is 0.462. The molecule has 0 bridgehead atoms. The highest BCUT2D eigenvalue weighted by Crippen LogP contribution is 2.36. The molecule has 2 heterocycles. The van der Waals surface area contributed by atoms with E-state index in [1.807, 2.05) is 10.9 Å². The molecular weight excluding hydrogens is 360 g/mol. The molecule has 18 heavy (non-hydrogen) atoms. The molecule has 96 valence electrons. The van der Waals surface area contributed by atoms with Crippen LogP contribution < -0.4 is 0 Å². The molecule has 0 saturated carbocycles. The highest BCUT2D eigenvalue weighted by molar-refractivity contribution is 9.13. The van der Waals surface area contributed by atoms with Crippen molar-refractivity contribution in [1.82, 2.24) is 9.78 Å². The number of hydrogen-bond acceptors (Lipinski definition) is 2. The van der Waals surface area contributed by atoms with Gasteiger partial charge in [0.05, 0.1) is 11.7 Å². The Labute approximate surface area is 123 Å². The molecule has 5 heteroatoms. The van der Waals surface area contributed by atoms with Crippen molar-refractivity contribution in [1.29, 1.82) is 0 Å². The third kappa shape index (κ3) is 2.02. The first-order chi connectivity index (χ1) is 8.68. The average Bonchev–Trinajstić information content (AvgIpc) is 2.81. The van der Waals surface area contributed by atoms with Gasteiger partial charge in [0.1, 0.15) is 0 Å². The zero-order valence-corrected chi connectivity index (χ0v) is 13.3. The maximum atomic E-state index is 5.81. The van der Waals surface area contributed by atoms with Gasteiger partial charge in [0, 0.05) is 20.9 Å².